The SMILES string of the molecule is CC1CC(Nc2nc3cc(Cl)ccc3s2)C1. The quantitative estimate of drug-likeness (QED) is 0.868. The average Bonchev–Trinajstić information content (AvgIpc) is 2.57. The summed E-state index contributed by atoms with van der Waals surface area (Å²) in [5.74, 6) is 0.862. The topological polar surface area (TPSA) is 24.9 Å². The van der Waals surface area contributed by atoms with Gasteiger partial charge in [-0.15, -0.1) is 0 Å². The van der Waals surface area contributed by atoms with E-state index in [2.05, 4.69) is 17.2 Å². The lowest BCUT2D eigenvalue weighted by Crippen LogP contribution is -2.33. The standard InChI is InChI=1S/C12H13ClN2S/c1-7-4-9(5-7)14-12-15-10-6-8(13)2-3-11(10)16-12/h2-3,6-7,9H,4-5H2,1H3,(H,14,15). The highest BCUT2D eigenvalue weighted by Crippen LogP contribution is 2.33. The third kappa shape index (κ3) is 1.89. The fraction of sp³-hybridized carbons (Fsp3) is 0.417. The predicted molar refractivity (Wildman–Crippen MR) is 70.4 cm³/mol. The molecule has 1 fully saturated rings. The summed E-state index contributed by atoms with van der Waals surface area (Å²) in [5.41, 5.74) is 0.993. The van der Waals surface area contributed by atoms with Crippen molar-refractivity contribution in [3.8, 4) is 0 Å². The highest BCUT2D eigenvalue weighted by molar-refractivity contribution is 7.22. The molecule has 1 aliphatic rings. The van der Waals surface area contributed by atoms with Gasteiger partial charge in [0.25, 0.3) is 0 Å². The Hall–Kier alpha value is -0.800. The number of rotatable bonds is 2. The van der Waals surface area contributed by atoms with Crippen LogP contribution < -0.4 is 5.32 Å². The van der Waals surface area contributed by atoms with Gasteiger partial charge in [0.1, 0.15) is 0 Å². The van der Waals surface area contributed by atoms with Crippen molar-refractivity contribution in [1.29, 1.82) is 0 Å². The number of aromatic nitrogens is 1. The van der Waals surface area contributed by atoms with Crippen LogP contribution in [0, 0.1) is 5.92 Å². The van der Waals surface area contributed by atoms with Crippen molar-refractivity contribution in [3.05, 3.63) is 23.2 Å². The van der Waals surface area contributed by atoms with Gasteiger partial charge >= 0.3 is 0 Å². The lowest BCUT2D eigenvalue weighted by molar-refractivity contribution is 0.309. The van der Waals surface area contributed by atoms with Crippen LogP contribution in [0.25, 0.3) is 10.2 Å². The van der Waals surface area contributed by atoms with E-state index in [9.17, 15) is 0 Å². The van der Waals surface area contributed by atoms with Crippen molar-refractivity contribution in [2.75, 3.05) is 5.32 Å². The van der Waals surface area contributed by atoms with Gasteiger partial charge < -0.3 is 5.32 Å². The van der Waals surface area contributed by atoms with Crippen molar-refractivity contribution in [1.82, 2.24) is 4.98 Å². The first kappa shape index (κ1) is 10.4. The second-order valence-corrected chi connectivity index (χ2v) is 6.02. The molecule has 84 valence electrons. The van der Waals surface area contributed by atoms with E-state index in [1.165, 1.54) is 17.5 Å². The first-order valence-corrected chi connectivity index (χ1v) is 6.73. The summed E-state index contributed by atoms with van der Waals surface area (Å²) in [4.78, 5) is 4.54. The summed E-state index contributed by atoms with van der Waals surface area (Å²) >= 11 is 7.64. The van der Waals surface area contributed by atoms with Gasteiger partial charge in [0.05, 0.1) is 10.2 Å². The number of anilines is 1. The fourth-order valence-corrected chi connectivity index (χ4v) is 3.25. The minimum Gasteiger partial charge on any atom is -0.359 e. The molecule has 1 aromatic heterocycles. The zero-order chi connectivity index (χ0) is 11.1. The molecule has 0 bridgehead atoms. The van der Waals surface area contributed by atoms with E-state index < -0.39 is 0 Å². The van der Waals surface area contributed by atoms with Crippen LogP contribution >= 0.6 is 22.9 Å². The lowest BCUT2D eigenvalue weighted by atomic mass is 9.82. The van der Waals surface area contributed by atoms with E-state index in [0.717, 1.165) is 21.6 Å². The van der Waals surface area contributed by atoms with Gasteiger partial charge in [-0.2, -0.15) is 0 Å². The van der Waals surface area contributed by atoms with E-state index in [1.54, 1.807) is 11.3 Å². The number of benzene rings is 1. The van der Waals surface area contributed by atoms with Crippen LogP contribution in [-0.4, -0.2) is 11.0 Å². The van der Waals surface area contributed by atoms with Crippen molar-refractivity contribution >= 4 is 38.3 Å². The van der Waals surface area contributed by atoms with Crippen LogP contribution in [0.3, 0.4) is 0 Å². The van der Waals surface area contributed by atoms with Gasteiger partial charge in [0.15, 0.2) is 5.13 Å². The molecule has 0 atom stereocenters. The second-order valence-electron chi connectivity index (χ2n) is 4.55. The van der Waals surface area contributed by atoms with Crippen LogP contribution in [0.4, 0.5) is 5.13 Å². The number of hydrogen-bond donors (Lipinski definition) is 1. The van der Waals surface area contributed by atoms with E-state index >= 15 is 0 Å². The van der Waals surface area contributed by atoms with E-state index in [1.807, 2.05) is 18.2 Å². The van der Waals surface area contributed by atoms with Crippen LogP contribution in [0.2, 0.25) is 5.02 Å². The van der Waals surface area contributed by atoms with E-state index in [-0.39, 0.29) is 0 Å². The highest BCUT2D eigenvalue weighted by Gasteiger charge is 2.25. The molecule has 3 rings (SSSR count). The molecule has 2 aromatic rings. The van der Waals surface area contributed by atoms with E-state index in [0.29, 0.717) is 6.04 Å². The average molecular weight is 253 g/mol. The Labute approximate surface area is 104 Å². The molecule has 1 saturated carbocycles. The molecular weight excluding hydrogens is 240 g/mol. The maximum atomic E-state index is 5.94. The number of thiazole rings is 1. The third-order valence-corrected chi connectivity index (χ3v) is 4.25. The third-order valence-electron chi connectivity index (χ3n) is 3.05. The molecule has 2 nitrogen and oxygen atoms in total. The molecule has 1 aliphatic carbocycles. The first-order chi connectivity index (χ1) is 7.70. The summed E-state index contributed by atoms with van der Waals surface area (Å²) in [7, 11) is 0. The lowest BCUT2D eigenvalue weighted by Gasteiger charge is -2.33. The van der Waals surface area contributed by atoms with E-state index in [4.69, 9.17) is 11.6 Å². The van der Waals surface area contributed by atoms with Crippen LogP contribution in [0.5, 0.6) is 0 Å². The van der Waals surface area contributed by atoms with Crippen LogP contribution in [0.15, 0.2) is 18.2 Å². The minimum absolute atomic E-state index is 0.617. The fourth-order valence-electron chi connectivity index (χ4n) is 2.16. The zero-order valence-corrected chi connectivity index (χ0v) is 10.6. The second kappa shape index (κ2) is 3.90. The van der Waals surface area contributed by atoms with Gasteiger partial charge in [-0.3, -0.25) is 0 Å². The van der Waals surface area contributed by atoms with Crippen molar-refractivity contribution in [2.24, 2.45) is 5.92 Å². The molecule has 0 radical (unpaired) electrons. The first-order valence-electron chi connectivity index (χ1n) is 5.53. The normalized spacial score (nSPS) is 24.4. The van der Waals surface area contributed by atoms with Gasteiger partial charge in [-0.25, -0.2) is 4.98 Å². The number of halogens is 1. The molecule has 1 aromatic carbocycles. The van der Waals surface area contributed by atoms with Gasteiger partial charge in [0.2, 0.25) is 0 Å². The summed E-state index contributed by atoms with van der Waals surface area (Å²) in [6.07, 6.45) is 2.52. The summed E-state index contributed by atoms with van der Waals surface area (Å²) in [5, 5.41) is 5.26. The molecule has 1 heterocycles. The Kier molecular flexibility index (Phi) is 2.52. The molecular formula is C12H13ClN2S. The maximum absolute atomic E-state index is 5.94. The smallest absolute Gasteiger partial charge is 0.184 e. The van der Waals surface area contributed by atoms with Crippen LogP contribution in [-0.2, 0) is 0 Å². The molecule has 0 aliphatic heterocycles. The maximum Gasteiger partial charge on any atom is 0.184 e. The molecule has 4 heteroatoms. The zero-order valence-electron chi connectivity index (χ0n) is 9.03. The van der Waals surface area contributed by atoms with Crippen LogP contribution in [0.1, 0.15) is 19.8 Å². The minimum atomic E-state index is 0.617. The highest BCUT2D eigenvalue weighted by atomic mass is 35.5. The molecule has 16 heavy (non-hydrogen) atoms. The number of hydrogen-bond acceptors (Lipinski definition) is 3. The predicted octanol–water partition coefficient (Wildman–Crippen LogP) is 4.16. The Morgan fingerprint density at radius 3 is 3.00 bits per heavy atom. The Morgan fingerprint density at radius 1 is 1.44 bits per heavy atom. The number of nitrogens with one attached hydrogen (secondary N) is 1. The molecule has 0 spiro atoms. The Balaban J connectivity index is 1.82. The summed E-state index contributed by atoms with van der Waals surface area (Å²) in [6.45, 7) is 2.29. The van der Waals surface area contributed by atoms with Crippen molar-refractivity contribution in [2.45, 2.75) is 25.8 Å². The monoisotopic (exact) mass is 252 g/mol. The molecule has 0 saturated heterocycles. The summed E-state index contributed by atoms with van der Waals surface area (Å²) < 4.78 is 1.19. The largest absolute Gasteiger partial charge is 0.359 e. The van der Waals surface area contributed by atoms with Gasteiger partial charge in [0, 0.05) is 11.1 Å². The molecule has 1 N–H and O–H groups in total. The van der Waals surface area contributed by atoms with Gasteiger partial charge in [-0.1, -0.05) is 29.9 Å². The Morgan fingerprint density at radius 2 is 2.25 bits per heavy atom. The number of fused-ring (bicyclic) bond motifs is 1. The van der Waals surface area contributed by atoms with Crippen molar-refractivity contribution in [3.63, 3.8) is 0 Å². The van der Waals surface area contributed by atoms with Gasteiger partial charge in [-0.05, 0) is 37.0 Å². The Bertz CT molecular complexity index is 517. The number of nitrogens with zero attached hydrogens (tertiary/aromatic N) is 1. The van der Waals surface area contributed by atoms with Crippen molar-refractivity contribution < 1.29 is 0 Å². The molecule has 0 amide bonds. The summed E-state index contributed by atoms with van der Waals surface area (Å²) in [6, 6.07) is 6.48. The molecule has 0 unspecified atom stereocenters.